The fraction of sp³-hybridized carbons (Fsp3) is 0.147. The average Bonchev–Trinajstić information content (AvgIpc) is 3.42. The summed E-state index contributed by atoms with van der Waals surface area (Å²) >= 11 is 0. The molecular formula is C34H31FN4O3S. The van der Waals surface area contributed by atoms with Crippen LogP contribution in [0.25, 0.3) is 21.8 Å². The second-order valence-electron chi connectivity index (χ2n) is 10.7. The molecule has 6 aromatic rings. The van der Waals surface area contributed by atoms with Crippen molar-refractivity contribution < 1.29 is 17.6 Å². The summed E-state index contributed by atoms with van der Waals surface area (Å²) in [6.45, 7) is 4.27. The molecule has 9 heteroatoms. The molecule has 2 aromatic heterocycles. The molecule has 0 fully saturated rings. The van der Waals surface area contributed by atoms with Crippen molar-refractivity contribution in [2.75, 3.05) is 0 Å². The molecule has 0 spiro atoms. The van der Waals surface area contributed by atoms with Crippen molar-refractivity contribution in [1.29, 1.82) is 0 Å². The van der Waals surface area contributed by atoms with Crippen LogP contribution in [0, 0.1) is 19.7 Å². The lowest BCUT2D eigenvalue weighted by molar-refractivity contribution is 0.0945. The largest absolute Gasteiger partial charge is 0.348 e. The zero-order valence-corrected chi connectivity index (χ0v) is 25.0. The number of aromatic nitrogens is 2. The molecule has 1 amide bonds. The van der Waals surface area contributed by atoms with Crippen LogP contribution < -0.4 is 10.3 Å². The van der Waals surface area contributed by atoms with Gasteiger partial charge in [-0.15, -0.1) is 4.83 Å². The Labute approximate surface area is 249 Å². The van der Waals surface area contributed by atoms with E-state index in [0.29, 0.717) is 0 Å². The zero-order chi connectivity index (χ0) is 30.5. The number of nitrogens with one attached hydrogen (secondary N) is 2. The van der Waals surface area contributed by atoms with Gasteiger partial charge in [-0.1, -0.05) is 48.5 Å². The molecule has 0 radical (unpaired) electrons. The maximum atomic E-state index is 13.2. The fourth-order valence-corrected chi connectivity index (χ4v) is 6.83. The van der Waals surface area contributed by atoms with Crippen molar-refractivity contribution in [1.82, 2.24) is 19.4 Å². The van der Waals surface area contributed by atoms with Crippen molar-refractivity contribution in [3.05, 3.63) is 137 Å². The molecule has 0 aliphatic heterocycles. The first-order valence-corrected chi connectivity index (χ1v) is 15.3. The number of hydrogen-bond donors (Lipinski definition) is 2. The van der Waals surface area contributed by atoms with Crippen LogP contribution in [-0.4, -0.2) is 23.5 Å². The fourth-order valence-electron chi connectivity index (χ4n) is 5.99. The Balaban J connectivity index is 1.40. The molecule has 6 rings (SSSR count). The SMILES string of the molecule is Cc1c(C(c2ccc(C(=O)NNS(=O)(=O)c3ccc(F)cc3)cc2)c2c(C)n(C)c3ccccc23)c2ccccc2n1C. The van der Waals surface area contributed by atoms with Gasteiger partial charge in [0.05, 0.1) is 4.90 Å². The smallest absolute Gasteiger partial charge is 0.266 e. The first-order chi connectivity index (χ1) is 20.6. The lowest BCUT2D eigenvalue weighted by Crippen LogP contribution is -2.41. The first kappa shape index (κ1) is 28.4. The van der Waals surface area contributed by atoms with E-state index in [-0.39, 0.29) is 16.4 Å². The number of halogens is 1. The minimum Gasteiger partial charge on any atom is -0.348 e. The van der Waals surface area contributed by atoms with E-state index < -0.39 is 21.7 Å². The number of carbonyl (C=O) groups is 1. The summed E-state index contributed by atoms with van der Waals surface area (Å²) < 4.78 is 42.8. The van der Waals surface area contributed by atoms with Gasteiger partial charge >= 0.3 is 0 Å². The standard InChI is InChI=1S/C34H31FN4O3S/c1-21-31(27-9-5-7-11-29(27)38(21)3)33(32-22(2)39(4)30-12-8-6-10-28(30)32)23-13-15-24(16-14-23)34(40)36-37-43(41,42)26-19-17-25(35)18-20-26/h5-20,33,37H,1-4H3,(H,36,40). The summed E-state index contributed by atoms with van der Waals surface area (Å²) in [5.74, 6) is -1.30. The predicted octanol–water partition coefficient (Wildman–Crippen LogP) is 6.23. The van der Waals surface area contributed by atoms with Gasteiger partial charge in [0.2, 0.25) is 0 Å². The Morgan fingerprint density at radius 2 is 1.21 bits per heavy atom. The molecule has 0 atom stereocenters. The van der Waals surface area contributed by atoms with Crippen molar-refractivity contribution in [2.45, 2.75) is 24.7 Å². The van der Waals surface area contributed by atoms with Gasteiger partial charge < -0.3 is 9.13 Å². The number of para-hydroxylation sites is 2. The highest BCUT2D eigenvalue weighted by Gasteiger charge is 2.29. The zero-order valence-electron chi connectivity index (χ0n) is 24.2. The van der Waals surface area contributed by atoms with E-state index in [2.05, 4.69) is 83.7 Å². The second kappa shape index (κ2) is 10.8. The quantitative estimate of drug-likeness (QED) is 0.215. The van der Waals surface area contributed by atoms with Crippen LogP contribution in [0.2, 0.25) is 0 Å². The van der Waals surface area contributed by atoms with Crippen molar-refractivity contribution >= 4 is 37.7 Å². The highest BCUT2D eigenvalue weighted by atomic mass is 32.2. The van der Waals surface area contributed by atoms with Crippen LogP contribution in [0.1, 0.15) is 44.4 Å². The molecule has 2 N–H and O–H groups in total. The topological polar surface area (TPSA) is 85.1 Å². The molecule has 0 bridgehead atoms. The molecule has 2 heterocycles. The molecule has 0 saturated carbocycles. The molecular weight excluding hydrogens is 563 g/mol. The number of carbonyl (C=O) groups excluding carboxylic acids is 1. The molecule has 4 aromatic carbocycles. The van der Waals surface area contributed by atoms with E-state index in [4.69, 9.17) is 0 Å². The number of aryl methyl sites for hydroxylation is 2. The van der Waals surface area contributed by atoms with Gasteiger partial charge in [-0.05, 0) is 79.1 Å². The van der Waals surface area contributed by atoms with Gasteiger partial charge in [0, 0.05) is 58.8 Å². The summed E-state index contributed by atoms with van der Waals surface area (Å²) in [6, 6.07) is 28.3. The van der Waals surface area contributed by atoms with Crippen molar-refractivity contribution in [2.24, 2.45) is 14.1 Å². The number of rotatable bonds is 7. The summed E-state index contributed by atoms with van der Waals surface area (Å²) in [5.41, 5.74) is 10.5. The van der Waals surface area contributed by atoms with E-state index >= 15 is 0 Å². The third kappa shape index (κ3) is 4.90. The van der Waals surface area contributed by atoms with E-state index in [9.17, 15) is 17.6 Å². The molecule has 7 nitrogen and oxygen atoms in total. The normalized spacial score (nSPS) is 12.0. The summed E-state index contributed by atoms with van der Waals surface area (Å²) in [4.78, 5) is 14.9. The Morgan fingerprint density at radius 1 is 0.721 bits per heavy atom. The maximum Gasteiger partial charge on any atom is 0.266 e. The summed E-state index contributed by atoms with van der Waals surface area (Å²) in [6.07, 6.45) is 0. The highest BCUT2D eigenvalue weighted by molar-refractivity contribution is 7.89. The number of sulfonamides is 1. The molecule has 43 heavy (non-hydrogen) atoms. The van der Waals surface area contributed by atoms with Gasteiger partial charge in [-0.2, -0.15) is 0 Å². The highest BCUT2D eigenvalue weighted by Crippen LogP contribution is 2.44. The van der Waals surface area contributed by atoms with Crippen molar-refractivity contribution in [3.8, 4) is 0 Å². The monoisotopic (exact) mass is 594 g/mol. The second-order valence-corrected chi connectivity index (χ2v) is 12.4. The van der Waals surface area contributed by atoms with Gasteiger partial charge in [0.1, 0.15) is 5.82 Å². The number of fused-ring (bicyclic) bond motifs is 2. The third-order valence-electron chi connectivity index (χ3n) is 8.40. The van der Waals surface area contributed by atoms with Crippen LogP contribution in [-0.2, 0) is 24.1 Å². The van der Waals surface area contributed by atoms with Crippen LogP contribution in [0.4, 0.5) is 4.39 Å². The summed E-state index contributed by atoms with van der Waals surface area (Å²) in [7, 11) is 0.0825. The van der Waals surface area contributed by atoms with Crippen LogP contribution in [0.15, 0.2) is 102 Å². The molecule has 0 saturated heterocycles. The van der Waals surface area contributed by atoms with Crippen LogP contribution in [0.5, 0.6) is 0 Å². The van der Waals surface area contributed by atoms with E-state index in [1.807, 2.05) is 24.3 Å². The van der Waals surface area contributed by atoms with E-state index in [1.165, 1.54) is 11.1 Å². The van der Waals surface area contributed by atoms with Gasteiger partial charge in [0.25, 0.3) is 15.9 Å². The molecule has 218 valence electrons. The van der Waals surface area contributed by atoms with Gasteiger partial charge in [0.15, 0.2) is 0 Å². The number of benzene rings is 4. The lowest BCUT2D eigenvalue weighted by Gasteiger charge is -2.21. The summed E-state index contributed by atoms with van der Waals surface area (Å²) in [5, 5.41) is 2.33. The van der Waals surface area contributed by atoms with Crippen LogP contribution >= 0.6 is 0 Å². The first-order valence-electron chi connectivity index (χ1n) is 13.8. The minimum absolute atomic E-state index is 0.133. The predicted molar refractivity (Wildman–Crippen MR) is 167 cm³/mol. The number of nitrogens with zero attached hydrogens (tertiary/aromatic N) is 2. The van der Waals surface area contributed by atoms with Gasteiger partial charge in [-0.25, -0.2) is 12.8 Å². The minimum atomic E-state index is -4.07. The average molecular weight is 595 g/mol. The third-order valence-corrected chi connectivity index (χ3v) is 9.67. The molecule has 0 unspecified atom stereocenters. The Morgan fingerprint density at radius 3 is 1.72 bits per heavy atom. The number of hydrogen-bond acceptors (Lipinski definition) is 3. The Bertz CT molecular complexity index is 2030. The molecule has 0 aliphatic carbocycles. The Kier molecular flexibility index (Phi) is 7.15. The van der Waals surface area contributed by atoms with E-state index in [0.717, 1.165) is 63.0 Å². The molecule has 0 aliphatic rings. The Hall–Kier alpha value is -4.73. The van der Waals surface area contributed by atoms with Gasteiger partial charge in [-0.3, -0.25) is 10.2 Å². The van der Waals surface area contributed by atoms with Crippen LogP contribution in [0.3, 0.4) is 0 Å². The van der Waals surface area contributed by atoms with Crippen molar-refractivity contribution in [3.63, 3.8) is 0 Å². The lowest BCUT2D eigenvalue weighted by atomic mass is 9.82. The van der Waals surface area contributed by atoms with E-state index in [1.54, 1.807) is 12.1 Å². The number of hydrazine groups is 1. The number of amides is 1. The maximum absolute atomic E-state index is 13.2.